The first kappa shape index (κ1) is 18.2. The van der Waals surface area contributed by atoms with Crippen LogP contribution in [0.2, 0.25) is 0 Å². The number of carbonyl (C=O) groups is 1. The van der Waals surface area contributed by atoms with Gasteiger partial charge in [-0.05, 0) is 36.8 Å². The van der Waals surface area contributed by atoms with Crippen molar-refractivity contribution in [3.05, 3.63) is 42.5 Å². The number of hydrogen-bond donors (Lipinski definition) is 0. The Kier molecular flexibility index (Phi) is 5.10. The molecule has 2 heterocycles. The summed E-state index contributed by atoms with van der Waals surface area (Å²) in [6.45, 7) is 2.68. The minimum absolute atomic E-state index is 0.103. The van der Waals surface area contributed by atoms with E-state index in [1.807, 2.05) is 47.0 Å². The van der Waals surface area contributed by atoms with Gasteiger partial charge in [0.2, 0.25) is 0 Å². The molecule has 6 nitrogen and oxygen atoms in total. The number of ether oxygens (including phenoxy) is 2. The lowest BCUT2D eigenvalue weighted by Gasteiger charge is -2.08. The summed E-state index contributed by atoms with van der Waals surface area (Å²) in [6, 6.07) is 13.5. The van der Waals surface area contributed by atoms with E-state index in [0.717, 1.165) is 52.5 Å². The molecular weight excluding hydrogens is 354 g/mol. The number of unbranched alkanes of at least 4 members (excludes halogenated alkanes) is 2. The molecule has 0 amide bonds. The van der Waals surface area contributed by atoms with Gasteiger partial charge in [-0.2, -0.15) is 0 Å². The molecule has 6 heteroatoms. The lowest BCUT2D eigenvalue weighted by Crippen LogP contribution is -2.14. The van der Waals surface area contributed by atoms with E-state index in [9.17, 15) is 4.79 Å². The van der Waals surface area contributed by atoms with Gasteiger partial charge in [-0.1, -0.05) is 31.9 Å². The zero-order valence-electron chi connectivity index (χ0n) is 16.1. The summed E-state index contributed by atoms with van der Waals surface area (Å²) in [7, 11) is 1.63. The molecule has 2 aromatic carbocycles. The molecule has 0 aliphatic heterocycles. The lowest BCUT2D eigenvalue weighted by atomic mass is 10.2. The zero-order chi connectivity index (χ0) is 19.5. The van der Waals surface area contributed by atoms with Crippen LogP contribution in [0.25, 0.3) is 33.1 Å². The summed E-state index contributed by atoms with van der Waals surface area (Å²) in [5.74, 6) is 0.476. The standard InChI is InChI=1S/C22H23N3O3/c1-3-4-7-12-28-20(26)14-25-19-11-10-15(27-2)13-16(19)21-22(25)24-18-9-6-5-8-17(18)23-21/h5-6,8-11,13H,3-4,7,12,14H2,1-2H3. The molecule has 0 unspecified atom stereocenters. The van der Waals surface area contributed by atoms with E-state index in [1.54, 1.807) is 7.11 Å². The Morgan fingerprint density at radius 2 is 1.86 bits per heavy atom. The molecule has 0 radical (unpaired) electrons. The maximum Gasteiger partial charge on any atom is 0.326 e. The number of para-hydroxylation sites is 2. The summed E-state index contributed by atoms with van der Waals surface area (Å²) < 4.78 is 12.7. The molecule has 0 aliphatic carbocycles. The zero-order valence-corrected chi connectivity index (χ0v) is 16.1. The van der Waals surface area contributed by atoms with Crippen LogP contribution in [0.4, 0.5) is 0 Å². The molecule has 4 aromatic rings. The third-order valence-electron chi connectivity index (χ3n) is 4.86. The Hall–Kier alpha value is -3.15. The predicted molar refractivity (Wildman–Crippen MR) is 110 cm³/mol. The molecule has 0 fully saturated rings. The largest absolute Gasteiger partial charge is 0.497 e. The first-order valence-electron chi connectivity index (χ1n) is 9.59. The molecule has 0 aliphatic rings. The lowest BCUT2D eigenvalue weighted by molar-refractivity contribution is -0.144. The Morgan fingerprint density at radius 1 is 1.07 bits per heavy atom. The van der Waals surface area contributed by atoms with Crippen LogP contribution in [0.5, 0.6) is 5.75 Å². The van der Waals surface area contributed by atoms with Crippen LogP contribution in [-0.4, -0.2) is 34.2 Å². The molecule has 0 saturated carbocycles. The van der Waals surface area contributed by atoms with Crippen molar-refractivity contribution in [1.29, 1.82) is 0 Å². The topological polar surface area (TPSA) is 66.2 Å². The molecule has 144 valence electrons. The van der Waals surface area contributed by atoms with E-state index in [-0.39, 0.29) is 12.5 Å². The third-order valence-corrected chi connectivity index (χ3v) is 4.86. The second-order valence-electron chi connectivity index (χ2n) is 6.78. The molecule has 28 heavy (non-hydrogen) atoms. The van der Waals surface area contributed by atoms with E-state index in [4.69, 9.17) is 19.4 Å². The minimum atomic E-state index is -0.263. The number of methoxy groups -OCH3 is 1. The summed E-state index contributed by atoms with van der Waals surface area (Å²) in [4.78, 5) is 22.0. The summed E-state index contributed by atoms with van der Waals surface area (Å²) in [5.41, 5.74) is 3.93. The Labute approximate surface area is 163 Å². The van der Waals surface area contributed by atoms with E-state index in [1.165, 1.54) is 0 Å². The number of rotatable bonds is 7. The molecule has 2 aromatic heterocycles. The minimum Gasteiger partial charge on any atom is -0.497 e. The van der Waals surface area contributed by atoms with Gasteiger partial charge in [0.1, 0.15) is 17.8 Å². The van der Waals surface area contributed by atoms with Crippen molar-refractivity contribution in [2.45, 2.75) is 32.7 Å². The van der Waals surface area contributed by atoms with Gasteiger partial charge in [-0.25, -0.2) is 9.97 Å². The number of aromatic nitrogens is 3. The summed E-state index contributed by atoms with van der Waals surface area (Å²) in [6.07, 6.45) is 3.03. The van der Waals surface area contributed by atoms with Gasteiger partial charge in [0.05, 0.1) is 30.3 Å². The summed E-state index contributed by atoms with van der Waals surface area (Å²) in [5, 5.41) is 0.909. The van der Waals surface area contributed by atoms with Crippen LogP contribution in [0, 0.1) is 0 Å². The van der Waals surface area contributed by atoms with Crippen molar-refractivity contribution in [2.75, 3.05) is 13.7 Å². The number of carbonyl (C=O) groups excluding carboxylic acids is 1. The van der Waals surface area contributed by atoms with Gasteiger partial charge in [-0.3, -0.25) is 4.79 Å². The van der Waals surface area contributed by atoms with Gasteiger partial charge in [-0.15, -0.1) is 0 Å². The fourth-order valence-electron chi connectivity index (χ4n) is 3.41. The molecule has 4 rings (SSSR count). The maximum atomic E-state index is 12.4. The average Bonchev–Trinajstić information content (AvgIpc) is 3.01. The highest BCUT2D eigenvalue weighted by molar-refractivity contribution is 6.07. The molecule has 0 spiro atoms. The van der Waals surface area contributed by atoms with Gasteiger partial charge in [0.15, 0.2) is 5.65 Å². The predicted octanol–water partition coefficient (Wildman–Crippen LogP) is 4.48. The Bertz CT molecular complexity index is 1150. The molecule has 0 saturated heterocycles. The van der Waals surface area contributed by atoms with E-state index in [2.05, 4.69) is 6.92 Å². The van der Waals surface area contributed by atoms with Gasteiger partial charge >= 0.3 is 5.97 Å². The Balaban J connectivity index is 1.80. The number of esters is 1. The Morgan fingerprint density at radius 3 is 2.61 bits per heavy atom. The molecule has 0 N–H and O–H groups in total. The number of fused-ring (bicyclic) bond motifs is 4. The van der Waals surface area contributed by atoms with Crippen molar-refractivity contribution in [2.24, 2.45) is 0 Å². The van der Waals surface area contributed by atoms with Crippen LogP contribution in [0.3, 0.4) is 0 Å². The SMILES string of the molecule is CCCCCOC(=O)Cn1c2ccc(OC)cc2c2nc3ccccc3nc21. The van der Waals surface area contributed by atoms with Gasteiger partial charge in [0.25, 0.3) is 0 Å². The monoisotopic (exact) mass is 377 g/mol. The quantitative estimate of drug-likeness (QED) is 0.351. The van der Waals surface area contributed by atoms with Crippen molar-refractivity contribution in [3.8, 4) is 5.75 Å². The molecule has 0 bridgehead atoms. The number of hydrogen-bond acceptors (Lipinski definition) is 5. The highest BCUT2D eigenvalue weighted by Crippen LogP contribution is 2.31. The van der Waals surface area contributed by atoms with Crippen LogP contribution >= 0.6 is 0 Å². The van der Waals surface area contributed by atoms with Crippen LogP contribution < -0.4 is 4.74 Å². The first-order chi connectivity index (χ1) is 13.7. The van der Waals surface area contributed by atoms with E-state index >= 15 is 0 Å². The maximum absolute atomic E-state index is 12.4. The van der Waals surface area contributed by atoms with E-state index in [0.29, 0.717) is 12.3 Å². The second-order valence-corrected chi connectivity index (χ2v) is 6.78. The fourth-order valence-corrected chi connectivity index (χ4v) is 3.41. The number of nitrogens with zero attached hydrogens (tertiary/aromatic N) is 3. The fraction of sp³-hybridized carbons (Fsp3) is 0.318. The highest BCUT2D eigenvalue weighted by Gasteiger charge is 2.17. The third kappa shape index (κ3) is 3.38. The smallest absolute Gasteiger partial charge is 0.326 e. The van der Waals surface area contributed by atoms with E-state index < -0.39 is 0 Å². The van der Waals surface area contributed by atoms with Gasteiger partial charge < -0.3 is 14.0 Å². The van der Waals surface area contributed by atoms with Crippen molar-refractivity contribution < 1.29 is 14.3 Å². The van der Waals surface area contributed by atoms with Crippen LogP contribution in [0.15, 0.2) is 42.5 Å². The van der Waals surface area contributed by atoms with Crippen molar-refractivity contribution in [1.82, 2.24) is 14.5 Å². The van der Waals surface area contributed by atoms with Crippen LogP contribution in [0.1, 0.15) is 26.2 Å². The van der Waals surface area contributed by atoms with Crippen molar-refractivity contribution in [3.63, 3.8) is 0 Å². The van der Waals surface area contributed by atoms with Crippen molar-refractivity contribution >= 4 is 39.1 Å². The normalized spacial score (nSPS) is 11.4. The second kappa shape index (κ2) is 7.84. The number of benzene rings is 2. The highest BCUT2D eigenvalue weighted by atomic mass is 16.5. The van der Waals surface area contributed by atoms with Crippen LogP contribution in [-0.2, 0) is 16.1 Å². The molecule has 0 atom stereocenters. The van der Waals surface area contributed by atoms with Gasteiger partial charge in [0, 0.05) is 5.39 Å². The molecular formula is C22H23N3O3. The summed E-state index contributed by atoms with van der Waals surface area (Å²) >= 11 is 0. The average molecular weight is 377 g/mol. The first-order valence-corrected chi connectivity index (χ1v) is 9.59.